The Hall–Kier alpha value is -1.48. The highest BCUT2D eigenvalue weighted by molar-refractivity contribution is 9.10. The zero-order valence-corrected chi connectivity index (χ0v) is 10.2. The molecule has 1 N–H and O–H groups in total. The molecule has 0 saturated heterocycles. The number of aromatic hydroxyl groups is 1. The number of halogens is 1. The molecule has 0 saturated carbocycles. The Kier molecular flexibility index (Phi) is 1.98. The van der Waals surface area contributed by atoms with Gasteiger partial charge in [-0.2, -0.15) is 0 Å². The molecule has 0 aliphatic rings. The Bertz CT molecular complexity index is 698. The van der Waals surface area contributed by atoms with Crippen molar-refractivity contribution in [3.63, 3.8) is 0 Å². The third-order valence-corrected chi connectivity index (χ3v) is 3.54. The average Bonchev–Trinajstić information content (AvgIpc) is 2.64. The average molecular weight is 277 g/mol. The van der Waals surface area contributed by atoms with E-state index in [1.807, 2.05) is 37.3 Å². The van der Waals surface area contributed by atoms with Crippen LogP contribution in [-0.4, -0.2) is 5.11 Å². The molecule has 0 atom stereocenters. The van der Waals surface area contributed by atoms with Crippen LogP contribution < -0.4 is 0 Å². The molecular weight excluding hydrogens is 268 g/mol. The van der Waals surface area contributed by atoms with Gasteiger partial charge in [0.2, 0.25) is 0 Å². The fraction of sp³-hybridized carbons (Fsp3) is 0.0769. The zero-order chi connectivity index (χ0) is 11.3. The highest BCUT2D eigenvalue weighted by atomic mass is 79.9. The van der Waals surface area contributed by atoms with Crippen LogP contribution in [0.1, 0.15) is 5.56 Å². The summed E-state index contributed by atoms with van der Waals surface area (Å²) >= 11 is 3.42. The summed E-state index contributed by atoms with van der Waals surface area (Å²) in [4.78, 5) is 0. The molecule has 3 rings (SSSR count). The third kappa shape index (κ3) is 1.18. The molecule has 80 valence electrons. The summed E-state index contributed by atoms with van der Waals surface area (Å²) in [6.07, 6.45) is 0. The lowest BCUT2D eigenvalue weighted by atomic mass is 10.1. The molecule has 3 heteroatoms. The van der Waals surface area contributed by atoms with Gasteiger partial charge in [0.25, 0.3) is 0 Å². The van der Waals surface area contributed by atoms with Gasteiger partial charge >= 0.3 is 0 Å². The lowest BCUT2D eigenvalue weighted by Crippen LogP contribution is -1.77. The van der Waals surface area contributed by atoms with E-state index in [1.54, 1.807) is 0 Å². The van der Waals surface area contributed by atoms with Gasteiger partial charge in [0.1, 0.15) is 16.9 Å². The van der Waals surface area contributed by atoms with E-state index in [1.165, 1.54) is 0 Å². The first-order valence-corrected chi connectivity index (χ1v) is 5.77. The highest BCUT2D eigenvalue weighted by Gasteiger charge is 2.14. The van der Waals surface area contributed by atoms with E-state index in [2.05, 4.69) is 15.9 Å². The van der Waals surface area contributed by atoms with Crippen LogP contribution in [0.15, 0.2) is 39.2 Å². The lowest BCUT2D eigenvalue weighted by Gasteiger charge is -2.01. The predicted molar refractivity (Wildman–Crippen MR) is 67.8 cm³/mol. The Labute approximate surface area is 101 Å². The monoisotopic (exact) mass is 276 g/mol. The molecule has 2 aromatic carbocycles. The molecule has 0 fully saturated rings. The van der Waals surface area contributed by atoms with Gasteiger partial charge in [-0.1, -0.05) is 18.2 Å². The van der Waals surface area contributed by atoms with Gasteiger partial charge in [-0.15, -0.1) is 0 Å². The minimum atomic E-state index is 0.277. The van der Waals surface area contributed by atoms with E-state index in [4.69, 9.17) is 4.42 Å². The van der Waals surface area contributed by atoms with Gasteiger partial charge in [0.05, 0.1) is 4.47 Å². The minimum Gasteiger partial charge on any atom is -0.506 e. The van der Waals surface area contributed by atoms with Crippen molar-refractivity contribution in [3.05, 3.63) is 40.4 Å². The largest absolute Gasteiger partial charge is 0.506 e. The summed E-state index contributed by atoms with van der Waals surface area (Å²) < 4.78 is 6.43. The second-order valence-electron chi connectivity index (χ2n) is 3.83. The molecule has 1 aromatic heterocycles. The van der Waals surface area contributed by atoms with Crippen LogP contribution in [0, 0.1) is 6.92 Å². The number of phenols is 1. The fourth-order valence-electron chi connectivity index (χ4n) is 1.95. The van der Waals surface area contributed by atoms with Crippen molar-refractivity contribution < 1.29 is 9.52 Å². The van der Waals surface area contributed by atoms with Crippen LogP contribution in [0.25, 0.3) is 21.9 Å². The standard InChI is InChI=1S/C13H9BrO2/c1-7-6-10-11(12(14)13(7)15)8-4-2-3-5-9(8)16-10/h2-6,15H,1H3. The number of para-hydroxylation sites is 1. The number of phenolic OH excluding ortho intramolecular Hbond substituents is 1. The first-order chi connectivity index (χ1) is 7.68. The molecule has 0 aliphatic heterocycles. The molecule has 1 heterocycles. The molecular formula is C13H9BrO2. The van der Waals surface area contributed by atoms with Crippen molar-refractivity contribution >= 4 is 37.9 Å². The maximum Gasteiger partial charge on any atom is 0.137 e. The smallest absolute Gasteiger partial charge is 0.137 e. The summed E-state index contributed by atoms with van der Waals surface area (Å²) in [6, 6.07) is 9.66. The molecule has 0 spiro atoms. The number of fused-ring (bicyclic) bond motifs is 3. The van der Waals surface area contributed by atoms with Crippen LogP contribution in [-0.2, 0) is 0 Å². The van der Waals surface area contributed by atoms with E-state index in [9.17, 15) is 5.11 Å². The number of furan rings is 1. The number of hydrogen-bond donors (Lipinski definition) is 1. The quantitative estimate of drug-likeness (QED) is 0.662. The molecule has 16 heavy (non-hydrogen) atoms. The molecule has 0 amide bonds. The maximum atomic E-state index is 9.89. The second kappa shape index (κ2) is 3.25. The number of aryl methyl sites for hydroxylation is 1. The van der Waals surface area contributed by atoms with Crippen molar-refractivity contribution in [2.75, 3.05) is 0 Å². The Balaban J connectivity index is 2.62. The number of rotatable bonds is 0. The topological polar surface area (TPSA) is 33.4 Å². The first-order valence-electron chi connectivity index (χ1n) is 4.98. The Morgan fingerprint density at radius 3 is 2.75 bits per heavy atom. The van der Waals surface area contributed by atoms with Gasteiger partial charge < -0.3 is 9.52 Å². The Morgan fingerprint density at radius 2 is 1.94 bits per heavy atom. The number of hydrogen-bond acceptors (Lipinski definition) is 2. The van der Waals surface area contributed by atoms with E-state index < -0.39 is 0 Å². The van der Waals surface area contributed by atoms with Crippen LogP contribution in [0.3, 0.4) is 0 Å². The van der Waals surface area contributed by atoms with Crippen LogP contribution in [0.4, 0.5) is 0 Å². The van der Waals surface area contributed by atoms with Crippen LogP contribution in [0.2, 0.25) is 0 Å². The van der Waals surface area contributed by atoms with Crippen LogP contribution >= 0.6 is 15.9 Å². The molecule has 3 aromatic rings. The zero-order valence-electron chi connectivity index (χ0n) is 8.62. The van der Waals surface area contributed by atoms with Crippen molar-refractivity contribution in [2.45, 2.75) is 6.92 Å². The van der Waals surface area contributed by atoms with E-state index in [-0.39, 0.29) is 5.75 Å². The molecule has 0 radical (unpaired) electrons. The summed E-state index contributed by atoms with van der Waals surface area (Å²) in [5.74, 6) is 0.277. The van der Waals surface area contributed by atoms with Crippen molar-refractivity contribution in [1.82, 2.24) is 0 Å². The van der Waals surface area contributed by atoms with Gasteiger partial charge in [-0.25, -0.2) is 0 Å². The third-order valence-electron chi connectivity index (χ3n) is 2.77. The molecule has 0 unspecified atom stereocenters. The SMILES string of the molecule is Cc1cc2oc3ccccc3c2c(Br)c1O. The summed E-state index contributed by atoms with van der Waals surface area (Å²) in [7, 11) is 0. The summed E-state index contributed by atoms with van der Waals surface area (Å²) in [6.45, 7) is 1.85. The van der Waals surface area contributed by atoms with Gasteiger partial charge in [-0.3, -0.25) is 0 Å². The van der Waals surface area contributed by atoms with E-state index in [0.29, 0.717) is 4.47 Å². The molecule has 0 aliphatic carbocycles. The van der Waals surface area contributed by atoms with Gasteiger partial charge in [-0.05, 0) is 40.5 Å². The lowest BCUT2D eigenvalue weighted by molar-refractivity contribution is 0.468. The first kappa shape index (κ1) is 9.73. The Morgan fingerprint density at radius 1 is 1.19 bits per heavy atom. The van der Waals surface area contributed by atoms with Crippen molar-refractivity contribution in [2.24, 2.45) is 0 Å². The highest BCUT2D eigenvalue weighted by Crippen LogP contribution is 2.40. The van der Waals surface area contributed by atoms with E-state index in [0.717, 1.165) is 27.5 Å². The normalized spacial score (nSPS) is 11.4. The van der Waals surface area contributed by atoms with Gasteiger partial charge in [0.15, 0.2) is 0 Å². The summed E-state index contributed by atoms with van der Waals surface area (Å²) in [5, 5.41) is 11.8. The van der Waals surface area contributed by atoms with Crippen molar-refractivity contribution in [1.29, 1.82) is 0 Å². The van der Waals surface area contributed by atoms with Gasteiger partial charge in [0, 0.05) is 10.8 Å². The molecule has 0 bridgehead atoms. The van der Waals surface area contributed by atoms with Crippen molar-refractivity contribution in [3.8, 4) is 5.75 Å². The number of benzene rings is 2. The maximum absolute atomic E-state index is 9.89. The van der Waals surface area contributed by atoms with Crippen LogP contribution in [0.5, 0.6) is 5.75 Å². The molecule has 2 nitrogen and oxygen atoms in total. The minimum absolute atomic E-state index is 0.277. The fourth-order valence-corrected chi connectivity index (χ4v) is 2.67. The summed E-state index contributed by atoms with van der Waals surface area (Å²) in [5.41, 5.74) is 2.44. The second-order valence-corrected chi connectivity index (χ2v) is 4.62. The van der Waals surface area contributed by atoms with E-state index >= 15 is 0 Å². The predicted octanol–water partition coefficient (Wildman–Crippen LogP) is 4.36.